The fourth-order valence-corrected chi connectivity index (χ4v) is 4.38. The third-order valence-electron chi connectivity index (χ3n) is 4.57. The average Bonchev–Trinajstić information content (AvgIpc) is 2.65. The van der Waals surface area contributed by atoms with Gasteiger partial charge in [0.2, 0.25) is 5.91 Å². The number of amides is 1. The summed E-state index contributed by atoms with van der Waals surface area (Å²) in [6.07, 6.45) is 1.50. The van der Waals surface area contributed by atoms with Gasteiger partial charge in [-0.15, -0.1) is 0 Å². The van der Waals surface area contributed by atoms with Gasteiger partial charge in [0.15, 0.2) is 0 Å². The zero-order chi connectivity index (χ0) is 19.4. The minimum absolute atomic E-state index is 0.00568. The molecule has 27 heavy (non-hydrogen) atoms. The molecule has 6 nitrogen and oxygen atoms in total. The number of aryl methyl sites for hydroxylation is 1. The number of rotatable bonds is 5. The smallest absolute Gasteiger partial charge is 0.262 e. The van der Waals surface area contributed by atoms with E-state index in [1.807, 2.05) is 0 Å². The van der Waals surface area contributed by atoms with Crippen LogP contribution in [-0.4, -0.2) is 27.4 Å². The minimum atomic E-state index is -4.00. The predicted octanol–water partition coefficient (Wildman–Crippen LogP) is 2.87. The summed E-state index contributed by atoms with van der Waals surface area (Å²) in [7, 11) is -4.00. The molecule has 0 aliphatic carbocycles. The normalized spacial score (nSPS) is 15.3. The molecule has 1 aliphatic rings. The average molecular weight is 391 g/mol. The van der Waals surface area contributed by atoms with E-state index in [9.17, 15) is 17.6 Å². The van der Waals surface area contributed by atoms with Crippen LogP contribution in [0, 0.1) is 18.7 Å². The van der Waals surface area contributed by atoms with Gasteiger partial charge in [-0.05, 0) is 62.7 Å². The molecule has 0 spiro atoms. The Bertz CT molecular complexity index is 941. The van der Waals surface area contributed by atoms with Gasteiger partial charge in [-0.1, -0.05) is 18.2 Å². The minimum Gasteiger partial charge on any atom is -0.326 e. The molecule has 0 radical (unpaired) electrons. The second-order valence-corrected chi connectivity index (χ2v) is 8.23. The van der Waals surface area contributed by atoms with Crippen LogP contribution >= 0.6 is 0 Å². The van der Waals surface area contributed by atoms with Crippen LogP contribution in [0.5, 0.6) is 0 Å². The Morgan fingerprint density at radius 2 is 1.85 bits per heavy atom. The molecule has 0 aromatic heterocycles. The van der Waals surface area contributed by atoms with Gasteiger partial charge in [0.05, 0.1) is 10.6 Å². The van der Waals surface area contributed by atoms with E-state index in [1.165, 1.54) is 24.3 Å². The number of hydrogen-bond donors (Lipinski definition) is 3. The zero-order valence-corrected chi connectivity index (χ0v) is 15.8. The first kappa shape index (κ1) is 19.3. The van der Waals surface area contributed by atoms with Gasteiger partial charge in [-0.2, -0.15) is 0 Å². The summed E-state index contributed by atoms with van der Waals surface area (Å²) in [5.74, 6) is -0.871. The molecule has 3 N–H and O–H groups in total. The topological polar surface area (TPSA) is 87.3 Å². The summed E-state index contributed by atoms with van der Waals surface area (Å²) in [6.45, 7) is 3.23. The van der Waals surface area contributed by atoms with Crippen molar-refractivity contribution in [3.05, 3.63) is 53.8 Å². The molecular weight excluding hydrogens is 369 g/mol. The number of carbonyl (C=O) groups is 1. The number of halogens is 1. The molecule has 0 saturated carbocycles. The van der Waals surface area contributed by atoms with Gasteiger partial charge in [-0.3, -0.25) is 9.52 Å². The van der Waals surface area contributed by atoms with Crippen LogP contribution in [0.4, 0.5) is 15.8 Å². The van der Waals surface area contributed by atoms with E-state index in [-0.39, 0.29) is 22.4 Å². The molecule has 3 rings (SSSR count). The Morgan fingerprint density at radius 1 is 1.15 bits per heavy atom. The second kappa shape index (κ2) is 8.06. The number of piperidine rings is 1. The Labute approximate surface area is 158 Å². The molecule has 2 aromatic rings. The summed E-state index contributed by atoms with van der Waals surface area (Å²) in [5.41, 5.74) is 0.776. The van der Waals surface area contributed by atoms with Crippen molar-refractivity contribution < 1.29 is 17.6 Å². The number of anilines is 2. The first-order valence-corrected chi connectivity index (χ1v) is 10.2. The molecule has 1 amide bonds. The van der Waals surface area contributed by atoms with Crippen LogP contribution in [0.3, 0.4) is 0 Å². The van der Waals surface area contributed by atoms with Crippen molar-refractivity contribution >= 4 is 27.3 Å². The van der Waals surface area contributed by atoms with Gasteiger partial charge in [0.25, 0.3) is 10.0 Å². The van der Waals surface area contributed by atoms with Crippen LogP contribution in [0.1, 0.15) is 18.4 Å². The number of carbonyl (C=O) groups excluding carboxylic acids is 1. The maximum atomic E-state index is 13.8. The maximum Gasteiger partial charge on any atom is 0.262 e. The molecule has 1 fully saturated rings. The summed E-state index contributed by atoms with van der Waals surface area (Å²) >= 11 is 0. The van der Waals surface area contributed by atoms with Crippen LogP contribution in [0.15, 0.2) is 47.4 Å². The van der Waals surface area contributed by atoms with Crippen molar-refractivity contribution in [2.75, 3.05) is 23.1 Å². The quantitative estimate of drug-likeness (QED) is 0.731. The number of sulfonamides is 1. The highest BCUT2D eigenvalue weighted by molar-refractivity contribution is 7.92. The molecule has 0 unspecified atom stereocenters. The summed E-state index contributed by atoms with van der Waals surface area (Å²) in [5, 5.41) is 5.99. The van der Waals surface area contributed by atoms with E-state index in [4.69, 9.17) is 0 Å². The highest BCUT2D eigenvalue weighted by atomic mass is 32.2. The van der Waals surface area contributed by atoms with Crippen molar-refractivity contribution in [3.8, 4) is 0 Å². The fourth-order valence-electron chi connectivity index (χ4n) is 3.04. The van der Waals surface area contributed by atoms with E-state index in [0.29, 0.717) is 11.3 Å². The van der Waals surface area contributed by atoms with Crippen LogP contribution in [0.25, 0.3) is 0 Å². The molecule has 8 heteroatoms. The molecule has 144 valence electrons. The molecule has 0 bridgehead atoms. The van der Waals surface area contributed by atoms with Crippen molar-refractivity contribution in [1.82, 2.24) is 5.32 Å². The molecular formula is C19H22FN3O3S. The number of hydrogen-bond acceptors (Lipinski definition) is 4. The zero-order valence-electron chi connectivity index (χ0n) is 15.0. The van der Waals surface area contributed by atoms with Gasteiger partial charge in [0.1, 0.15) is 5.82 Å². The number of para-hydroxylation sites is 1. The number of benzene rings is 2. The van der Waals surface area contributed by atoms with Crippen molar-refractivity contribution in [2.45, 2.75) is 24.7 Å². The first-order valence-electron chi connectivity index (χ1n) is 8.76. The SMILES string of the molecule is Cc1ccc(NC(=O)C2CCNCC2)cc1S(=O)(=O)Nc1ccccc1F. The molecule has 1 heterocycles. The third-order valence-corrected chi connectivity index (χ3v) is 6.08. The van der Waals surface area contributed by atoms with Gasteiger partial charge < -0.3 is 10.6 Å². The summed E-state index contributed by atoms with van der Waals surface area (Å²) in [4.78, 5) is 12.4. The van der Waals surface area contributed by atoms with Crippen LogP contribution in [0.2, 0.25) is 0 Å². The fraction of sp³-hybridized carbons (Fsp3) is 0.316. The molecule has 0 atom stereocenters. The lowest BCUT2D eigenvalue weighted by atomic mass is 9.97. The summed E-state index contributed by atoms with van der Waals surface area (Å²) < 4.78 is 41.5. The Kier molecular flexibility index (Phi) is 5.76. The predicted molar refractivity (Wildman–Crippen MR) is 103 cm³/mol. The van der Waals surface area contributed by atoms with Crippen molar-refractivity contribution in [2.24, 2.45) is 5.92 Å². The van der Waals surface area contributed by atoms with Crippen LogP contribution < -0.4 is 15.4 Å². The molecule has 1 aliphatic heterocycles. The number of nitrogens with one attached hydrogen (secondary N) is 3. The lowest BCUT2D eigenvalue weighted by Gasteiger charge is -2.22. The lowest BCUT2D eigenvalue weighted by molar-refractivity contribution is -0.120. The Balaban J connectivity index is 1.82. The first-order chi connectivity index (χ1) is 12.9. The standard InChI is InChI=1S/C19H22FN3O3S/c1-13-6-7-15(22-19(24)14-8-10-21-11-9-14)12-18(13)27(25,26)23-17-5-3-2-4-16(17)20/h2-7,12,14,21,23H,8-11H2,1H3,(H,22,24). The third kappa shape index (κ3) is 4.64. The van der Waals surface area contributed by atoms with E-state index in [2.05, 4.69) is 15.4 Å². The molecule has 2 aromatic carbocycles. The van der Waals surface area contributed by atoms with E-state index < -0.39 is 15.8 Å². The van der Waals surface area contributed by atoms with Gasteiger partial charge in [0, 0.05) is 11.6 Å². The highest BCUT2D eigenvalue weighted by Gasteiger charge is 2.23. The van der Waals surface area contributed by atoms with Crippen molar-refractivity contribution in [1.29, 1.82) is 0 Å². The summed E-state index contributed by atoms with van der Waals surface area (Å²) in [6, 6.07) is 10.2. The highest BCUT2D eigenvalue weighted by Crippen LogP contribution is 2.25. The maximum absolute atomic E-state index is 13.8. The Morgan fingerprint density at radius 3 is 2.56 bits per heavy atom. The van der Waals surface area contributed by atoms with Crippen LogP contribution in [-0.2, 0) is 14.8 Å². The monoisotopic (exact) mass is 391 g/mol. The van der Waals surface area contributed by atoms with E-state index >= 15 is 0 Å². The largest absolute Gasteiger partial charge is 0.326 e. The molecule has 1 saturated heterocycles. The lowest BCUT2D eigenvalue weighted by Crippen LogP contribution is -2.34. The van der Waals surface area contributed by atoms with E-state index in [1.54, 1.807) is 25.1 Å². The van der Waals surface area contributed by atoms with Gasteiger partial charge >= 0.3 is 0 Å². The van der Waals surface area contributed by atoms with E-state index in [0.717, 1.165) is 25.9 Å². The van der Waals surface area contributed by atoms with Crippen molar-refractivity contribution in [3.63, 3.8) is 0 Å². The second-order valence-electron chi connectivity index (χ2n) is 6.58. The van der Waals surface area contributed by atoms with Gasteiger partial charge in [-0.25, -0.2) is 12.8 Å². The Hall–Kier alpha value is -2.45.